The third-order valence-corrected chi connectivity index (χ3v) is 3.57. The number of aromatic nitrogens is 2. The monoisotopic (exact) mass is 298 g/mol. The first-order valence-corrected chi connectivity index (χ1v) is 7.02. The quantitative estimate of drug-likeness (QED) is 0.743. The number of nitrogens with one attached hydrogen (secondary N) is 1. The smallest absolute Gasteiger partial charge is 0.118 e. The van der Waals surface area contributed by atoms with Gasteiger partial charge in [-0.2, -0.15) is 5.10 Å². The number of hydrogen-bond donors (Lipinski definition) is 1. The highest BCUT2D eigenvalue weighted by Gasteiger charge is 2.07. The van der Waals surface area contributed by atoms with Crippen LogP contribution in [0.2, 0.25) is 5.02 Å². The van der Waals surface area contributed by atoms with Gasteiger partial charge in [0.1, 0.15) is 6.33 Å². The van der Waals surface area contributed by atoms with Crippen LogP contribution in [0.15, 0.2) is 53.9 Å². The Balaban J connectivity index is 2.09. The van der Waals surface area contributed by atoms with Crippen LogP contribution in [0.25, 0.3) is 11.0 Å². The lowest BCUT2D eigenvalue weighted by Gasteiger charge is -2.09. The van der Waals surface area contributed by atoms with Crippen molar-refractivity contribution in [2.24, 2.45) is 5.10 Å². The molecular weight excluding hydrogens is 284 g/mol. The molecule has 0 aliphatic rings. The van der Waals surface area contributed by atoms with Gasteiger partial charge in [-0.05, 0) is 37.3 Å². The topological polar surface area (TPSA) is 42.2 Å². The summed E-state index contributed by atoms with van der Waals surface area (Å²) in [5.74, 6) is 0. The Hall–Kier alpha value is -2.33. The molecule has 21 heavy (non-hydrogen) atoms. The molecule has 0 aliphatic carbocycles. The number of imidazole rings is 1. The minimum absolute atomic E-state index is 0.689. The van der Waals surface area contributed by atoms with Gasteiger partial charge in [0.25, 0.3) is 0 Å². The highest BCUT2D eigenvalue weighted by molar-refractivity contribution is 6.31. The maximum atomic E-state index is 6.09. The van der Waals surface area contributed by atoms with E-state index >= 15 is 0 Å². The van der Waals surface area contributed by atoms with Crippen molar-refractivity contribution in [2.45, 2.75) is 6.92 Å². The number of anilines is 1. The first-order chi connectivity index (χ1) is 10.2. The number of hydrogen-bond acceptors (Lipinski definition) is 3. The zero-order valence-corrected chi connectivity index (χ0v) is 12.6. The predicted octanol–water partition coefficient (Wildman–Crippen LogP) is 4.00. The fraction of sp³-hybridized carbons (Fsp3) is 0.125. The lowest BCUT2D eigenvalue weighted by Crippen LogP contribution is -2.03. The van der Waals surface area contributed by atoms with E-state index in [1.807, 2.05) is 56.4 Å². The van der Waals surface area contributed by atoms with Crippen LogP contribution in [0.3, 0.4) is 0 Å². The van der Waals surface area contributed by atoms with Crippen molar-refractivity contribution >= 4 is 34.0 Å². The maximum Gasteiger partial charge on any atom is 0.118 e. The second kappa shape index (κ2) is 5.58. The molecule has 3 aromatic rings. The molecule has 0 unspecified atom stereocenters. The first kappa shape index (κ1) is 13.6. The molecule has 0 fully saturated rings. The van der Waals surface area contributed by atoms with Gasteiger partial charge < -0.3 is 5.32 Å². The fourth-order valence-corrected chi connectivity index (χ4v) is 2.45. The van der Waals surface area contributed by atoms with E-state index in [1.54, 1.807) is 11.0 Å². The van der Waals surface area contributed by atoms with Gasteiger partial charge >= 0.3 is 0 Å². The molecule has 3 rings (SSSR count). The van der Waals surface area contributed by atoms with Gasteiger partial charge in [-0.1, -0.05) is 23.7 Å². The number of benzene rings is 2. The number of nitrogens with zero attached hydrogens (tertiary/aromatic N) is 3. The molecule has 0 spiro atoms. The van der Waals surface area contributed by atoms with Gasteiger partial charge in [0.15, 0.2) is 0 Å². The summed E-state index contributed by atoms with van der Waals surface area (Å²) in [6.45, 7) is 1.96. The minimum atomic E-state index is 0.689. The molecule has 4 nitrogen and oxygen atoms in total. The maximum absolute atomic E-state index is 6.09. The molecule has 0 saturated carbocycles. The summed E-state index contributed by atoms with van der Waals surface area (Å²) < 4.78 is 1.78. The van der Waals surface area contributed by atoms with Crippen LogP contribution >= 0.6 is 11.6 Å². The number of fused-ring (bicyclic) bond motifs is 1. The second-order valence-corrected chi connectivity index (χ2v) is 5.14. The number of rotatable bonds is 3. The Morgan fingerprint density at radius 1 is 1.24 bits per heavy atom. The van der Waals surface area contributed by atoms with Gasteiger partial charge in [0.05, 0.1) is 16.7 Å². The molecule has 5 heteroatoms. The van der Waals surface area contributed by atoms with Gasteiger partial charge in [0, 0.05) is 23.3 Å². The van der Waals surface area contributed by atoms with E-state index in [1.165, 1.54) is 0 Å². The lowest BCUT2D eigenvalue weighted by molar-refractivity contribution is 0.906. The lowest BCUT2D eigenvalue weighted by atomic mass is 10.1. The van der Waals surface area contributed by atoms with Crippen LogP contribution in [-0.4, -0.2) is 22.4 Å². The van der Waals surface area contributed by atoms with Crippen LogP contribution in [0.1, 0.15) is 12.5 Å². The van der Waals surface area contributed by atoms with Crippen molar-refractivity contribution in [3.05, 3.63) is 59.4 Å². The second-order valence-electron chi connectivity index (χ2n) is 4.70. The summed E-state index contributed by atoms with van der Waals surface area (Å²) in [5, 5.41) is 8.48. The largest absolute Gasteiger partial charge is 0.388 e. The van der Waals surface area contributed by atoms with E-state index in [2.05, 4.69) is 15.4 Å². The van der Waals surface area contributed by atoms with Crippen molar-refractivity contribution in [1.82, 2.24) is 9.66 Å². The molecule has 106 valence electrons. The SMILES string of the molecule is CNc1ccc(Cl)cc1/C(C)=N\n1cnc2ccccc21. The summed E-state index contributed by atoms with van der Waals surface area (Å²) in [4.78, 5) is 4.34. The fourth-order valence-electron chi connectivity index (χ4n) is 2.28. The van der Waals surface area contributed by atoms with Crippen LogP contribution in [0, 0.1) is 0 Å². The van der Waals surface area contributed by atoms with Crippen molar-refractivity contribution in [3.8, 4) is 0 Å². The summed E-state index contributed by atoms with van der Waals surface area (Å²) >= 11 is 6.09. The van der Waals surface area contributed by atoms with E-state index < -0.39 is 0 Å². The number of halogens is 1. The third-order valence-electron chi connectivity index (χ3n) is 3.33. The summed E-state index contributed by atoms with van der Waals surface area (Å²) in [5.41, 5.74) is 4.73. The molecule has 1 N–H and O–H groups in total. The molecule has 0 saturated heterocycles. The van der Waals surface area contributed by atoms with Crippen molar-refractivity contribution < 1.29 is 0 Å². The molecule has 0 bridgehead atoms. The van der Waals surface area contributed by atoms with Crippen LogP contribution in [0.5, 0.6) is 0 Å². The molecule has 1 heterocycles. The molecule has 0 amide bonds. The Bertz CT molecular complexity index is 820. The van der Waals surface area contributed by atoms with Crippen LogP contribution in [0.4, 0.5) is 5.69 Å². The van der Waals surface area contributed by atoms with E-state index in [-0.39, 0.29) is 0 Å². The first-order valence-electron chi connectivity index (χ1n) is 6.64. The molecule has 0 atom stereocenters. The van der Waals surface area contributed by atoms with Crippen molar-refractivity contribution in [1.29, 1.82) is 0 Å². The molecule has 0 aliphatic heterocycles. The summed E-state index contributed by atoms with van der Waals surface area (Å²) in [6.07, 6.45) is 1.72. The van der Waals surface area contributed by atoms with Gasteiger partial charge in [-0.3, -0.25) is 0 Å². The molecule has 1 aromatic heterocycles. The zero-order chi connectivity index (χ0) is 14.8. The average Bonchev–Trinajstić information content (AvgIpc) is 2.90. The average molecular weight is 299 g/mol. The van der Waals surface area contributed by atoms with Gasteiger partial charge in [0.2, 0.25) is 0 Å². The van der Waals surface area contributed by atoms with E-state index in [0.29, 0.717) is 5.02 Å². The third kappa shape index (κ3) is 2.62. The molecule has 0 radical (unpaired) electrons. The van der Waals surface area contributed by atoms with Gasteiger partial charge in [-0.25, -0.2) is 9.66 Å². The highest BCUT2D eigenvalue weighted by atomic mass is 35.5. The van der Waals surface area contributed by atoms with Crippen LogP contribution in [-0.2, 0) is 0 Å². The molecule has 2 aromatic carbocycles. The normalized spacial score (nSPS) is 11.9. The predicted molar refractivity (Wildman–Crippen MR) is 88.3 cm³/mol. The van der Waals surface area contributed by atoms with E-state index in [4.69, 9.17) is 11.6 Å². The Labute approximate surface area is 128 Å². The Morgan fingerprint density at radius 2 is 2.05 bits per heavy atom. The minimum Gasteiger partial charge on any atom is -0.388 e. The van der Waals surface area contributed by atoms with Crippen molar-refractivity contribution in [3.63, 3.8) is 0 Å². The summed E-state index contributed by atoms with van der Waals surface area (Å²) in [6, 6.07) is 13.6. The van der Waals surface area contributed by atoms with E-state index in [9.17, 15) is 0 Å². The standard InChI is InChI=1S/C16H15ClN4/c1-11(13-9-12(17)7-8-14(13)18-2)20-21-10-19-15-5-3-4-6-16(15)21/h3-10,18H,1-2H3/b20-11-. The molecular formula is C16H15ClN4. The Morgan fingerprint density at radius 3 is 2.86 bits per heavy atom. The Kier molecular flexibility index (Phi) is 3.62. The highest BCUT2D eigenvalue weighted by Crippen LogP contribution is 2.22. The van der Waals surface area contributed by atoms with Gasteiger partial charge in [-0.15, -0.1) is 0 Å². The van der Waals surface area contributed by atoms with E-state index in [0.717, 1.165) is 28.0 Å². The van der Waals surface area contributed by atoms with Crippen molar-refractivity contribution in [2.75, 3.05) is 12.4 Å². The summed E-state index contributed by atoms with van der Waals surface area (Å²) in [7, 11) is 1.88. The zero-order valence-electron chi connectivity index (χ0n) is 11.8. The number of para-hydroxylation sites is 2. The van der Waals surface area contributed by atoms with Crippen LogP contribution < -0.4 is 5.32 Å².